The van der Waals surface area contributed by atoms with Crippen LogP contribution >= 0.6 is 0 Å². The molecule has 0 saturated heterocycles. The molecule has 104 valence electrons. The Hall–Kier alpha value is -2.16. The number of benzene rings is 1. The fourth-order valence-corrected chi connectivity index (χ4v) is 2.00. The van der Waals surface area contributed by atoms with E-state index in [1.807, 2.05) is 24.3 Å². The van der Waals surface area contributed by atoms with Crippen LogP contribution < -0.4 is 4.74 Å². The number of carbonyl (C=O) groups excluding carboxylic acids is 1. The summed E-state index contributed by atoms with van der Waals surface area (Å²) in [5.41, 5.74) is 2.41. The van der Waals surface area contributed by atoms with Gasteiger partial charge in [0.15, 0.2) is 5.78 Å². The van der Waals surface area contributed by atoms with Gasteiger partial charge in [-0.25, -0.2) is 4.98 Å². The summed E-state index contributed by atoms with van der Waals surface area (Å²) in [5.74, 6) is 0.285. The van der Waals surface area contributed by atoms with E-state index in [0.717, 1.165) is 0 Å². The smallest absolute Gasteiger partial charge is 0.224 e. The lowest BCUT2D eigenvalue weighted by Crippen LogP contribution is -2.11. The van der Waals surface area contributed by atoms with Crippen molar-refractivity contribution in [2.24, 2.45) is 0 Å². The molecule has 3 nitrogen and oxygen atoms in total. The van der Waals surface area contributed by atoms with E-state index in [-0.39, 0.29) is 11.2 Å². The molecule has 2 rings (SSSR count). The normalized spacial score (nSPS) is 11.2. The van der Waals surface area contributed by atoms with Gasteiger partial charge in [0.1, 0.15) is 0 Å². The topological polar surface area (TPSA) is 39.2 Å². The second-order valence-electron chi connectivity index (χ2n) is 5.72. The minimum absolute atomic E-state index is 0.0737. The summed E-state index contributed by atoms with van der Waals surface area (Å²) < 4.78 is 5.13. The molecule has 3 heteroatoms. The van der Waals surface area contributed by atoms with Gasteiger partial charge in [0, 0.05) is 11.8 Å². The lowest BCUT2D eigenvalue weighted by Gasteiger charge is -2.19. The van der Waals surface area contributed by atoms with Gasteiger partial charge >= 0.3 is 0 Å². The lowest BCUT2D eigenvalue weighted by atomic mass is 9.86. The summed E-state index contributed by atoms with van der Waals surface area (Å²) in [6, 6.07) is 11.2. The number of pyridine rings is 1. The molecule has 0 amide bonds. The third-order valence-corrected chi connectivity index (χ3v) is 3.22. The first kappa shape index (κ1) is 14.3. The molecule has 0 bridgehead atoms. The first-order chi connectivity index (χ1) is 9.43. The van der Waals surface area contributed by atoms with Crippen molar-refractivity contribution in [3.8, 4) is 5.88 Å². The van der Waals surface area contributed by atoms with Gasteiger partial charge in [-0.2, -0.15) is 0 Å². The maximum atomic E-state index is 12.5. The molecule has 0 N–H and O–H groups in total. The monoisotopic (exact) mass is 269 g/mol. The Kier molecular flexibility index (Phi) is 3.89. The van der Waals surface area contributed by atoms with Crippen molar-refractivity contribution in [2.75, 3.05) is 7.11 Å². The molecule has 0 atom stereocenters. The molecule has 1 aromatic carbocycles. The molecule has 1 aromatic heterocycles. The minimum atomic E-state index is -0.0737. The summed E-state index contributed by atoms with van der Waals surface area (Å²) >= 11 is 0. The van der Waals surface area contributed by atoms with Gasteiger partial charge in [-0.05, 0) is 23.1 Å². The summed E-state index contributed by atoms with van der Waals surface area (Å²) in [6.45, 7) is 6.44. The van der Waals surface area contributed by atoms with Gasteiger partial charge in [-0.3, -0.25) is 4.79 Å². The van der Waals surface area contributed by atoms with Crippen molar-refractivity contribution < 1.29 is 9.53 Å². The highest BCUT2D eigenvalue weighted by Gasteiger charge is 2.17. The Morgan fingerprint density at radius 3 is 2.30 bits per heavy atom. The summed E-state index contributed by atoms with van der Waals surface area (Å²) in [6.07, 6.45) is 1.61. The largest absolute Gasteiger partial charge is 0.480 e. The minimum Gasteiger partial charge on any atom is -0.480 e. The van der Waals surface area contributed by atoms with E-state index >= 15 is 0 Å². The van der Waals surface area contributed by atoms with E-state index in [0.29, 0.717) is 17.0 Å². The Balaban J connectivity index is 2.34. The molecule has 0 aliphatic carbocycles. The standard InChI is InChI=1S/C17H19NO2/c1-17(2,3)13-9-7-12(8-10-13)15(19)14-6-5-11-18-16(14)20-4/h5-11H,1-4H3. The molecule has 0 spiro atoms. The van der Waals surface area contributed by atoms with E-state index < -0.39 is 0 Å². The van der Waals surface area contributed by atoms with Crippen molar-refractivity contribution >= 4 is 5.78 Å². The Labute approximate surface area is 119 Å². The van der Waals surface area contributed by atoms with Crippen LogP contribution in [0, 0.1) is 0 Å². The van der Waals surface area contributed by atoms with Gasteiger partial charge in [-0.1, -0.05) is 45.0 Å². The van der Waals surface area contributed by atoms with E-state index in [1.54, 1.807) is 18.3 Å². The Morgan fingerprint density at radius 2 is 1.75 bits per heavy atom. The first-order valence-corrected chi connectivity index (χ1v) is 6.58. The van der Waals surface area contributed by atoms with Crippen LogP contribution in [-0.4, -0.2) is 17.9 Å². The number of ketones is 1. The predicted molar refractivity (Wildman–Crippen MR) is 79.4 cm³/mol. The third kappa shape index (κ3) is 2.87. The first-order valence-electron chi connectivity index (χ1n) is 6.58. The zero-order chi connectivity index (χ0) is 14.8. The lowest BCUT2D eigenvalue weighted by molar-refractivity contribution is 0.103. The molecule has 0 aliphatic rings. The van der Waals surface area contributed by atoms with Crippen LogP contribution in [0.2, 0.25) is 0 Å². The van der Waals surface area contributed by atoms with Crippen molar-refractivity contribution in [3.63, 3.8) is 0 Å². The Morgan fingerprint density at radius 1 is 1.10 bits per heavy atom. The predicted octanol–water partition coefficient (Wildman–Crippen LogP) is 3.62. The maximum absolute atomic E-state index is 12.5. The second-order valence-corrected chi connectivity index (χ2v) is 5.72. The van der Waals surface area contributed by atoms with Crippen LogP contribution in [0.1, 0.15) is 42.3 Å². The highest BCUT2D eigenvalue weighted by Crippen LogP contribution is 2.24. The summed E-state index contributed by atoms with van der Waals surface area (Å²) in [5, 5.41) is 0. The van der Waals surface area contributed by atoms with E-state index in [9.17, 15) is 4.79 Å². The fraction of sp³-hybridized carbons (Fsp3) is 0.294. The molecule has 0 aliphatic heterocycles. The molecule has 0 unspecified atom stereocenters. The molecule has 0 saturated carbocycles. The van der Waals surface area contributed by atoms with Gasteiger partial charge < -0.3 is 4.74 Å². The maximum Gasteiger partial charge on any atom is 0.224 e. The van der Waals surface area contributed by atoms with Gasteiger partial charge in [0.2, 0.25) is 5.88 Å². The number of aromatic nitrogens is 1. The quantitative estimate of drug-likeness (QED) is 0.799. The van der Waals surface area contributed by atoms with E-state index in [4.69, 9.17) is 4.74 Å². The average Bonchev–Trinajstić information content (AvgIpc) is 2.45. The molecule has 2 aromatic rings. The van der Waals surface area contributed by atoms with Crippen molar-refractivity contribution in [1.82, 2.24) is 4.98 Å². The van der Waals surface area contributed by atoms with Gasteiger partial charge in [0.05, 0.1) is 12.7 Å². The van der Waals surface area contributed by atoms with Gasteiger partial charge in [0.25, 0.3) is 0 Å². The number of hydrogen-bond donors (Lipinski definition) is 0. The van der Waals surface area contributed by atoms with Crippen LogP contribution in [0.25, 0.3) is 0 Å². The van der Waals surface area contributed by atoms with Gasteiger partial charge in [-0.15, -0.1) is 0 Å². The van der Waals surface area contributed by atoms with Crippen molar-refractivity contribution in [3.05, 3.63) is 59.3 Å². The molecule has 20 heavy (non-hydrogen) atoms. The zero-order valence-corrected chi connectivity index (χ0v) is 12.3. The second kappa shape index (κ2) is 5.45. The van der Waals surface area contributed by atoms with Crippen LogP contribution in [-0.2, 0) is 5.41 Å². The van der Waals surface area contributed by atoms with Crippen molar-refractivity contribution in [2.45, 2.75) is 26.2 Å². The number of ether oxygens (including phenoxy) is 1. The molecule has 0 fully saturated rings. The van der Waals surface area contributed by atoms with Crippen LogP contribution in [0.15, 0.2) is 42.6 Å². The zero-order valence-electron chi connectivity index (χ0n) is 12.3. The number of methoxy groups -OCH3 is 1. The highest BCUT2D eigenvalue weighted by molar-refractivity contribution is 6.10. The third-order valence-electron chi connectivity index (χ3n) is 3.22. The van der Waals surface area contributed by atoms with Crippen LogP contribution in [0.3, 0.4) is 0 Å². The van der Waals surface area contributed by atoms with Crippen molar-refractivity contribution in [1.29, 1.82) is 0 Å². The Bertz CT molecular complexity index is 610. The summed E-state index contributed by atoms with van der Waals surface area (Å²) in [4.78, 5) is 16.5. The van der Waals surface area contributed by atoms with E-state index in [1.165, 1.54) is 12.7 Å². The molecule has 1 heterocycles. The van der Waals surface area contributed by atoms with Crippen LogP contribution in [0.4, 0.5) is 0 Å². The number of hydrogen-bond acceptors (Lipinski definition) is 3. The van der Waals surface area contributed by atoms with Crippen LogP contribution in [0.5, 0.6) is 5.88 Å². The average molecular weight is 269 g/mol. The number of nitrogens with zero attached hydrogens (tertiary/aromatic N) is 1. The fourth-order valence-electron chi connectivity index (χ4n) is 2.00. The molecule has 0 radical (unpaired) electrons. The molecular formula is C17H19NO2. The van der Waals surface area contributed by atoms with E-state index in [2.05, 4.69) is 25.8 Å². The summed E-state index contributed by atoms with van der Waals surface area (Å²) in [7, 11) is 1.52. The number of rotatable bonds is 3. The highest BCUT2D eigenvalue weighted by atomic mass is 16.5. The molecular weight excluding hydrogens is 250 g/mol. The number of carbonyl (C=O) groups is 1. The SMILES string of the molecule is COc1ncccc1C(=O)c1ccc(C(C)(C)C)cc1.